The van der Waals surface area contributed by atoms with E-state index in [2.05, 4.69) is 5.10 Å². The van der Waals surface area contributed by atoms with Crippen molar-refractivity contribution in [3.05, 3.63) is 41.2 Å². The van der Waals surface area contributed by atoms with Gasteiger partial charge in [-0.05, 0) is 31.0 Å². The van der Waals surface area contributed by atoms with Crippen LogP contribution in [0.25, 0.3) is 0 Å². The van der Waals surface area contributed by atoms with Gasteiger partial charge in [0.25, 0.3) is 10.0 Å². The number of aromatic carboxylic acids is 1. The van der Waals surface area contributed by atoms with Gasteiger partial charge in [0.05, 0.1) is 23.5 Å². The summed E-state index contributed by atoms with van der Waals surface area (Å²) in [6, 6.07) is 4.24. The van der Waals surface area contributed by atoms with Gasteiger partial charge in [0.1, 0.15) is 4.90 Å². The first-order chi connectivity index (χ1) is 11.8. The van der Waals surface area contributed by atoms with Crippen LogP contribution < -0.4 is 4.31 Å². The summed E-state index contributed by atoms with van der Waals surface area (Å²) in [6.45, 7) is 0. The van der Waals surface area contributed by atoms with Crippen LogP contribution in [0, 0.1) is 0 Å². The average molecular weight is 384 g/mol. The minimum absolute atomic E-state index is 0.00798. The van der Waals surface area contributed by atoms with E-state index < -0.39 is 16.0 Å². The lowest BCUT2D eigenvalue weighted by molar-refractivity contribution is 0.0698. The fourth-order valence-electron chi connectivity index (χ4n) is 3.06. The summed E-state index contributed by atoms with van der Waals surface area (Å²) in [5.74, 6) is -1.23. The molecule has 0 atom stereocenters. The molecule has 134 valence electrons. The summed E-state index contributed by atoms with van der Waals surface area (Å²) < 4.78 is 28.4. The number of anilines is 1. The molecule has 0 unspecified atom stereocenters. The summed E-state index contributed by atoms with van der Waals surface area (Å²) in [5, 5.41) is 13.7. The van der Waals surface area contributed by atoms with Gasteiger partial charge in [0.15, 0.2) is 0 Å². The van der Waals surface area contributed by atoms with Crippen LogP contribution in [0.2, 0.25) is 5.02 Å². The number of halogens is 1. The third-order valence-electron chi connectivity index (χ3n) is 4.46. The molecule has 0 amide bonds. The number of nitrogens with zero attached hydrogens (tertiary/aromatic N) is 3. The smallest absolute Gasteiger partial charge is 0.337 e. The summed E-state index contributed by atoms with van der Waals surface area (Å²) in [6.07, 6.45) is 6.98. The van der Waals surface area contributed by atoms with E-state index >= 15 is 0 Å². The van der Waals surface area contributed by atoms with Gasteiger partial charge in [-0.3, -0.25) is 8.99 Å². The van der Waals surface area contributed by atoms with Crippen molar-refractivity contribution >= 4 is 33.3 Å². The van der Waals surface area contributed by atoms with Crippen molar-refractivity contribution in [2.75, 3.05) is 11.4 Å². The number of rotatable bonds is 5. The van der Waals surface area contributed by atoms with Crippen molar-refractivity contribution in [2.45, 2.75) is 36.6 Å². The highest BCUT2D eigenvalue weighted by Gasteiger charge is 2.28. The van der Waals surface area contributed by atoms with Gasteiger partial charge in [-0.1, -0.05) is 24.4 Å². The number of hydrogen-bond acceptors (Lipinski definition) is 4. The SMILES string of the molecule is CN(c1cc(Cl)ccc1C(=O)O)S(=O)(=O)c1cnn(C2CCCC2)c1. The molecule has 1 heterocycles. The maximum Gasteiger partial charge on any atom is 0.337 e. The molecule has 1 saturated carbocycles. The Bertz CT molecular complexity index is 904. The van der Waals surface area contributed by atoms with Gasteiger partial charge in [0, 0.05) is 18.3 Å². The zero-order chi connectivity index (χ0) is 18.2. The van der Waals surface area contributed by atoms with E-state index in [1.54, 1.807) is 4.68 Å². The van der Waals surface area contributed by atoms with Gasteiger partial charge < -0.3 is 5.11 Å². The minimum Gasteiger partial charge on any atom is -0.478 e. The van der Waals surface area contributed by atoms with Gasteiger partial charge in [-0.15, -0.1) is 0 Å². The van der Waals surface area contributed by atoms with Gasteiger partial charge >= 0.3 is 5.97 Å². The molecule has 1 aromatic heterocycles. The molecule has 1 aliphatic rings. The van der Waals surface area contributed by atoms with Crippen molar-refractivity contribution in [3.63, 3.8) is 0 Å². The normalized spacial score (nSPS) is 15.4. The van der Waals surface area contributed by atoms with Crippen molar-refractivity contribution in [3.8, 4) is 0 Å². The molecule has 0 spiro atoms. The molecule has 1 aliphatic carbocycles. The van der Waals surface area contributed by atoms with E-state index in [4.69, 9.17) is 11.6 Å². The van der Waals surface area contributed by atoms with Gasteiger partial charge in [-0.2, -0.15) is 5.10 Å². The molecule has 1 N–H and O–H groups in total. The molecule has 0 aliphatic heterocycles. The Kier molecular flexibility index (Phi) is 4.75. The Morgan fingerprint density at radius 3 is 2.68 bits per heavy atom. The second kappa shape index (κ2) is 6.68. The number of carboxylic acids is 1. The number of hydrogen-bond donors (Lipinski definition) is 1. The monoisotopic (exact) mass is 383 g/mol. The van der Waals surface area contributed by atoms with Crippen LogP contribution in [-0.4, -0.2) is 36.3 Å². The zero-order valence-electron chi connectivity index (χ0n) is 13.6. The van der Waals surface area contributed by atoms with Crippen LogP contribution in [0.3, 0.4) is 0 Å². The first-order valence-electron chi connectivity index (χ1n) is 7.86. The highest BCUT2D eigenvalue weighted by molar-refractivity contribution is 7.92. The van der Waals surface area contributed by atoms with Gasteiger partial charge in [-0.25, -0.2) is 13.2 Å². The predicted molar refractivity (Wildman–Crippen MR) is 93.7 cm³/mol. The Hall–Kier alpha value is -2.06. The molecular formula is C16H18ClN3O4S. The van der Waals surface area contributed by atoms with E-state index in [0.29, 0.717) is 0 Å². The largest absolute Gasteiger partial charge is 0.478 e. The van der Waals surface area contributed by atoms with Crippen LogP contribution in [0.4, 0.5) is 5.69 Å². The predicted octanol–water partition coefficient (Wildman–Crippen LogP) is 3.17. The molecule has 9 heteroatoms. The quantitative estimate of drug-likeness (QED) is 0.855. The maximum atomic E-state index is 12.9. The highest BCUT2D eigenvalue weighted by Crippen LogP contribution is 2.31. The van der Waals surface area contributed by atoms with E-state index in [1.807, 2.05) is 0 Å². The molecule has 3 rings (SSSR count). The molecule has 2 aromatic rings. The van der Waals surface area contributed by atoms with Crippen LogP contribution in [0.15, 0.2) is 35.5 Å². The second-order valence-electron chi connectivity index (χ2n) is 6.03. The highest BCUT2D eigenvalue weighted by atomic mass is 35.5. The first-order valence-corrected chi connectivity index (χ1v) is 9.68. The summed E-state index contributed by atoms with van der Waals surface area (Å²) in [7, 11) is -2.64. The Morgan fingerprint density at radius 1 is 1.36 bits per heavy atom. The molecular weight excluding hydrogens is 366 g/mol. The standard InChI is InChI=1S/C16H18ClN3O4S/c1-19(15-8-11(17)6-7-14(15)16(21)22)25(23,24)13-9-18-20(10-13)12-4-2-3-5-12/h6-10,12H,2-5H2,1H3,(H,21,22). The minimum atomic E-state index is -3.95. The van der Waals surface area contributed by atoms with Crippen molar-refractivity contribution < 1.29 is 18.3 Å². The van der Waals surface area contributed by atoms with Crippen LogP contribution >= 0.6 is 11.6 Å². The lowest BCUT2D eigenvalue weighted by Crippen LogP contribution is -2.28. The van der Waals surface area contributed by atoms with E-state index in [0.717, 1.165) is 30.0 Å². The molecule has 25 heavy (non-hydrogen) atoms. The van der Waals surface area contributed by atoms with Crippen LogP contribution in [-0.2, 0) is 10.0 Å². The molecule has 1 aromatic carbocycles. The number of carbonyl (C=O) groups is 1. The van der Waals surface area contributed by atoms with Crippen molar-refractivity contribution in [1.82, 2.24) is 9.78 Å². The summed E-state index contributed by atoms with van der Waals surface area (Å²) in [4.78, 5) is 11.4. The molecule has 0 bridgehead atoms. The average Bonchev–Trinajstić information content (AvgIpc) is 3.24. The zero-order valence-corrected chi connectivity index (χ0v) is 15.2. The summed E-state index contributed by atoms with van der Waals surface area (Å²) in [5.41, 5.74) is -0.132. The first kappa shape index (κ1) is 17.8. The van der Waals surface area contributed by atoms with Gasteiger partial charge in [0.2, 0.25) is 0 Å². The Balaban J connectivity index is 1.97. The van der Waals surface area contributed by atoms with Crippen LogP contribution in [0.5, 0.6) is 0 Å². The number of sulfonamides is 1. The Morgan fingerprint density at radius 2 is 2.04 bits per heavy atom. The van der Waals surface area contributed by atoms with E-state index in [9.17, 15) is 18.3 Å². The number of aromatic nitrogens is 2. The van der Waals surface area contributed by atoms with Crippen molar-refractivity contribution in [2.24, 2.45) is 0 Å². The maximum absolute atomic E-state index is 12.9. The fraction of sp³-hybridized carbons (Fsp3) is 0.375. The van der Waals surface area contributed by atoms with E-state index in [1.165, 1.54) is 37.6 Å². The molecule has 7 nitrogen and oxygen atoms in total. The molecule has 0 radical (unpaired) electrons. The van der Waals surface area contributed by atoms with Crippen LogP contribution in [0.1, 0.15) is 42.1 Å². The lowest BCUT2D eigenvalue weighted by atomic mass is 10.2. The molecule has 0 saturated heterocycles. The third-order valence-corrected chi connectivity index (χ3v) is 6.42. The topological polar surface area (TPSA) is 92.5 Å². The summed E-state index contributed by atoms with van der Waals surface area (Å²) >= 11 is 5.92. The number of carboxylic acid groups (broad SMARTS) is 1. The molecule has 1 fully saturated rings. The Labute approximate surface area is 150 Å². The number of benzene rings is 1. The van der Waals surface area contributed by atoms with E-state index in [-0.39, 0.29) is 27.2 Å². The second-order valence-corrected chi connectivity index (χ2v) is 8.44. The third kappa shape index (κ3) is 3.36. The lowest BCUT2D eigenvalue weighted by Gasteiger charge is -2.20. The fourth-order valence-corrected chi connectivity index (χ4v) is 4.37. The van der Waals surface area contributed by atoms with Crippen molar-refractivity contribution in [1.29, 1.82) is 0 Å².